The van der Waals surface area contributed by atoms with Gasteiger partial charge in [0, 0.05) is 17.3 Å². The summed E-state index contributed by atoms with van der Waals surface area (Å²) in [5.74, 6) is 1.55. The molecule has 0 saturated heterocycles. The van der Waals surface area contributed by atoms with Gasteiger partial charge in [0.05, 0.1) is 32.7 Å². The molecule has 0 atom stereocenters. The first-order chi connectivity index (χ1) is 14.2. The fourth-order valence-corrected chi connectivity index (χ4v) is 3.29. The van der Waals surface area contributed by atoms with Crippen molar-refractivity contribution in [2.24, 2.45) is 0 Å². The lowest BCUT2D eigenvalue weighted by Gasteiger charge is -2.08. The Labute approximate surface area is 169 Å². The van der Waals surface area contributed by atoms with E-state index in [0.29, 0.717) is 11.3 Å². The van der Waals surface area contributed by atoms with E-state index in [4.69, 9.17) is 21.0 Å². The molecule has 2 heterocycles. The Morgan fingerprint density at radius 2 is 1.76 bits per heavy atom. The second-order valence-corrected chi connectivity index (χ2v) is 6.63. The fourth-order valence-electron chi connectivity index (χ4n) is 3.29. The summed E-state index contributed by atoms with van der Waals surface area (Å²) in [6.07, 6.45) is 3.34. The first-order valence-electron chi connectivity index (χ1n) is 9.23. The van der Waals surface area contributed by atoms with Crippen LogP contribution in [0.1, 0.15) is 11.3 Å². The van der Waals surface area contributed by atoms with Crippen LogP contribution < -0.4 is 9.47 Å². The van der Waals surface area contributed by atoms with Crippen molar-refractivity contribution in [3.63, 3.8) is 0 Å². The van der Waals surface area contributed by atoms with Crippen molar-refractivity contribution in [1.29, 1.82) is 0 Å². The summed E-state index contributed by atoms with van der Waals surface area (Å²) in [5.41, 5.74) is 5.83. The molecule has 0 saturated carbocycles. The molecule has 0 spiro atoms. The number of hydrogen-bond acceptors (Lipinski definition) is 4. The molecule has 4 rings (SSSR count). The number of ether oxygens (including phenoxy) is 2. The van der Waals surface area contributed by atoms with Crippen LogP contribution in [0.25, 0.3) is 27.3 Å². The van der Waals surface area contributed by atoms with Gasteiger partial charge in [-0.2, -0.15) is 0 Å². The molecule has 1 N–H and O–H groups in total. The zero-order valence-corrected chi connectivity index (χ0v) is 16.3. The average molecular weight is 384 g/mol. The Morgan fingerprint density at radius 1 is 1.00 bits per heavy atom. The molecule has 29 heavy (non-hydrogen) atoms. The van der Waals surface area contributed by atoms with Gasteiger partial charge in [0.15, 0.2) is 11.3 Å². The third-order valence-electron chi connectivity index (χ3n) is 4.78. The van der Waals surface area contributed by atoms with E-state index in [0.717, 1.165) is 52.4 Å². The van der Waals surface area contributed by atoms with Gasteiger partial charge in [0.2, 0.25) is 0 Å². The Hall–Kier alpha value is -3.85. The molecule has 144 valence electrons. The Kier molecular flexibility index (Phi) is 5.12. The number of aryl methyl sites for hydroxylation is 2. The molecule has 0 aliphatic rings. The molecule has 2 aromatic carbocycles. The van der Waals surface area contributed by atoms with Crippen molar-refractivity contribution >= 4 is 16.9 Å². The van der Waals surface area contributed by atoms with E-state index in [-0.39, 0.29) is 0 Å². The first kappa shape index (κ1) is 18.5. The van der Waals surface area contributed by atoms with Crippen LogP contribution in [0.3, 0.4) is 0 Å². The van der Waals surface area contributed by atoms with E-state index in [1.165, 1.54) is 0 Å². The second-order valence-electron chi connectivity index (χ2n) is 6.63. The van der Waals surface area contributed by atoms with Crippen LogP contribution in [0, 0.1) is 6.57 Å². The highest BCUT2D eigenvalue weighted by atomic mass is 16.5. The van der Waals surface area contributed by atoms with E-state index < -0.39 is 0 Å². The summed E-state index contributed by atoms with van der Waals surface area (Å²) < 4.78 is 10.7. The maximum Gasteiger partial charge on any atom is 0.196 e. The number of fused-ring (bicyclic) bond motifs is 1. The minimum atomic E-state index is 0.603. The molecule has 6 nitrogen and oxygen atoms in total. The van der Waals surface area contributed by atoms with Crippen LogP contribution in [0.2, 0.25) is 0 Å². The van der Waals surface area contributed by atoms with Crippen molar-refractivity contribution in [3.8, 4) is 22.8 Å². The molecule has 0 amide bonds. The lowest BCUT2D eigenvalue weighted by Crippen LogP contribution is -1.97. The topological polar surface area (TPSA) is 64.4 Å². The van der Waals surface area contributed by atoms with Gasteiger partial charge >= 0.3 is 0 Å². The van der Waals surface area contributed by atoms with Gasteiger partial charge in [0.25, 0.3) is 0 Å². The van der Waals surface area contributed by atoms with Crippen molar-refractivity contribution in [1.82, 2.24) is 15.0 Å². The van der Waals surface area contributed by atoms with Gasteiger partial charge in [-0.25, -0.2) is 14.8 Å². The quantitative estimate of drug-likeness (QED) is 0.476. The zero-order chi connectivity index (χ0) is 20.2. The van der Waals surface area contributed by atoms with E-state index >= 15 is 0 Å². The summed E-state index contributed by atoms with van der Waals surface area (Å²) in [5, 5.41) is 0. The number of para-hydroxylation sites is 1. The highest BCUT2D eigenvalue weighted by Crippen LogP contribution is 2.31. The summed E-state index contributed by atoms with van der Waals surface area (Å²) in [7, 11) is 3.29. The van der Waals surface area contributed by atoms with Gasteiger partial charge in [-0.05, 0) is 36.6 Å². The molecular weight excluding hydrogens is 364 g/mol. The summed E-state index contributed by atoms with van der Waals surface area (Å²) in [4.78, 5) is 16.1. The predicted molar refractivity (Wildman–Crippen MR) is 113 cm³/mol. The standard InChI is InChI=1S/C23H20N4O2/c1-24-20-7-5-4-6-19(20)21-13-22-23(27-21)25-14-16(26-22)9-8-15-10-17(28-2)12-18(11-15)29-3/h4-7,10-14H,8-9H2,2-3H3,(H,25,27). The second kappa shape index (κ2) is 8.03. The van der Waals surface area contributed by atoms with Crippen LogP contribution in [0.4, 0.5) is 5.69 Å². The smallest absolute Gasteiger partial charge is 0.196 e. The molecule has 0 aliphatic carbocycles. The van der Waals surface area contributed by atoms with Gasteiger partial charge in [0.1, 0.15) is 17.0 Å². The first-order valence-corrected chi connectivity index (χ1v) is 9.23. The highest BCUT2D eigenvalue weighted by Gasteiger charge is 2.10. The molecule has 6 heteroatoms. The summed E-state index contributed by atoms with van der Waals surface area (Å²) in [6, 6.07) is 15.3. The van der Waals surface area contributed by atoms with E-state index in [2.05, 4.69) is 14.8 Å². The van der Waals surface area contributed by atoms with Gasteiger partial charge < -0.3 is 14.5 Å². The number of methoxy groups -OCH3 is 2. The molecule has 0 aliphatic heterocycles. The number of hydrogen-bond donors (Lipinski definition) is 1. The average Bonchev–Trinajstić information content (AvgIpc) is 3.20. The molecule has 0 fully saturated rings. The van der Waals surface area contributed by atoms with Crippen molar-refractivity contribution in [2.45, 2.75) is 12.8 Å². The Bertz CT molecular complexity index is 1180. The zero-order valence-electron chi connectivity index (χ0n) is 16.3. The molecule has 0 unspecified atom stereocenters. The number of nitrogens with one attached hydrogen (secondary N) is 1. The molecule has 0 bridgehead atoms. The molecule has 0 radical (unpaired) electrons. The summed E-state index contributed by atoms with van der Waals surface area (Å²) in [6.45, 7) is 7.36. The van der Waals surface area contributed by atoms with Crippen molar-refractivity contribution in [2.75, 3.05) is 14.2 Å². The molecule has 4 aromatic rings. The van der Waals surface area contributed by atoms with E-state index in [1.54, 1.807) is 20.4 Å². The summed E-state index contributed by atoms with van der Waals surface area (Å²) >= 11 is 0. The number of aromatic nitrogens is 3. The van der Waals surface area contributed by atoms with Crippen LogP contribution >= 0.6 is 0 Å². The van der Waals surface area contributed by atoms with E-state index in [1.807, 2.05) is 48.5 Å². The van der Waals surface area contributed by atoms with Crippen LogP contribution in [-0.4, -0.2) is 29.2 Å². The number of H-pyrrole nitrogens is 1. The number of aromatic amines is 1. The maximum atomic E-state index is 7.36. The van der Waals surface area contributed by atoms with Crippen LogP contribution in [0.15, 0.2) is 54.7 Å². The molecule has 2 aromatic heterocycles. The van der Waals surface area contributed by atoms with Gasteiger partial charge in [-0.15, -0.1) is 0 Å². The highest BCUT2D eigenvalue weighted by molar-refractivity contribution is 5.84. The predicted octanol–water partition coefficient (Wildman–Crippen LogP) is 4.98. The van der Waals surface area contributed by atoms with Crippen LogP contribution in [0.5, 0.6) is 11.5 Å². The maximum absolute atomic E-state index is 7.36. The number of benzene rings is 2. The largest absolute Gasteiger partial charge is 0.497 e. The molecular formula is C23H20N4O2. The lowest BCUT2D eigenvalue weighted by molar-refractivity contribution is 0.393. The van der Waals surface area contributed by atoms with Crippen molar-refractivity contribution < 1.29 is 9.47 Å². The van der Waals surface area contributed by atoms with Crippen LogP contribution in [-0.2, 0) is 12.8 Å². The third-order valence-corrected chi connectivity index (χ3v) is 4.78. The Morgan fingerprint density at radius 3 is 2.48 bits per heavy atom. The SMILES string of the molecule is [C-]#[N+]c1ccccc1-c1cc2nc(CCc3cc(OC)cc(OC)c3)cnc2[nH]1. The monoisotopic (exact) mass is 384 g/mol. The Balaban J connectivity index is 1.58. The number of rotatable bonds is 6. The van der Waals surface area contributed by atoms with Gasteiger partial charge in [-0.1, -0.05) is 24.3 Å². The minimum Gasteiger partial charge on any atom is -0.497 e. The third kappa shape index (κ3) is 3.90. The fraction of sp³-hybridized carbons (Fsp3) is 0.174. The number of nitrogens with zero attached hydrogens (tertiary/aromatic N) is 3. The minimum absolute atomic E-state index is 0.603. The van der Waals surface area contributed by atoms with E-state index in [9.17, 15) is 0 Å². The lowest BCUT2D eigenvalue weighted by atomic mass is 10.1. The van der Waals surface area contributed by atoms with Crippen molar-refractivity contribution in [3.05, 3.63) is 77.4 Å². The van der Waals surface area contributed by atoms with Gasteiger partial charge in [-0.3, -0.25) is 0 Å². The normalized spacial score (nSPS) is 10.7.